The van der Waals surface area contributed by atoms with Crippen molar-refractivity contribution in [1.82, 2.24) is 0 Å². The van der Waals surface area contributed by atoms with Crippen molar-refractivity contribution < 1.29 is 4.39 Å². The van der Waals surface area contributed by atoms with Crippen LogP contribution in [0.1, 0.15) is 0 Å². The zero-order valence-corrected chi connectivity index (χ0v) is 4.93. The number of hydrogen-bond donors (Lipinski definition) is 0. The molecular weight excluding hydrogens is 149 g/mol. The molecule has 0 fully saturated rings. The minimum Gasteiger partial charge on any atom is -0.227 e. The topological polar surface area (TPSA) is 0 Å². The van der Waals surface area contributed by atoms with Gasteiger partial charge in [0.05, 0.1) is 0 Å². The molecule has 4 heteroatoms. The Balaban J connectivity index is 2.99. The SMILES string of the molecule is F[C@H](Cl)C(Cl)Cl. The van der Waals surface area contributed by atoms with Crippen LogP contribution >= 0.6 is 34.8 Å². The number of rotatable bonds is 1. The van der Waals surface area contributed by atoms with E-state index in [4.69, 9.17) is 23.2 Å². The Labute approximate surface area is 50.2 Å². The fourth-order valence-corrected chi connectivity index (χ4v) is 0. The highest BCUT2D eigenvalue weighted by Crippen LogP contribution is 2.13. The summed E-state index contributed by atoms with van der Waals surface area (Å²) in [5, 5.41) is 0. The van der Waals surface area contributed by atoms with Crippen molar-refractivity contribution in [3.63, 3.8) is 0 Å². The molecule has 0 aromatic carbocycles. The molecule has 0 nitrogen and oxygen atoms in total. The summed E-state index contributed by atoms with van der Waals surface area (Å²) in [6.07, 6.45) is 0. The first-order chi connectivity index (χ1) is 2.64. The van der Waals surface area contributed by atoms with Gasteiger partial charge in [-0.25, -0.2) is 4.39 Å². The highest BCUT2D eigenvalue weighted by atomic mass is 35.5. The molecule has 0 bridgehead atoms. The van der Waals surface area contributed by atoms with Gasteiger partial charge in [-0.1, -0.05) is 11.6 Å². The number of hydrogen-bond acceptors (Lipinski definition) is 0. The fraction of sp³-hybridized carbons (Fsp3) is 1.00. The molecule has 0 N–H and O–H groups in total. The summed E-state index contributed by atoms with van der Waals surface area (Å²) in [5.41, 5.74) is -1.65. The molecule has 0 aliphatic rings. The number of halogens is 4. The Morgan fingerprint density at radius 3 is 1.33 bits per heavy atom. The number of alkyl halides is 4. The molecule has 6 heavy (non-hydrogen) atoms. The van der Waals surface area contributed by atoms with Gasteiger partial charge in [0.1, 0.15) is 0 Å². The molecule has 0 saturated heterocycles. The molecule has 0 heterocycles. The van der Waals surface area contributed by atoms with Crippen LogP contribution in [0.2, 0.25) is 0 Å². The van der Waals surface area contributed by atoms with Crippen molar-refractivity contribution in [1.29, 1.82) is 0 Å². The molecule has 0 rings (SSSR count). The summed E-state index contributed by atoms with van der Waals surface area (Å²) < 4.78 is 11.3. The molecule has 0 spiro atoms. The summed E-state index contributed by atoms with van der Waals surface area (Å²) in [6, 6.07) is 0. The smallest absolute Gasteiger partial charge is 0.203 e. The second kappa shape index (κ2) is 2.89. The van der Waals surface area contributed by atoms with Gasteiger partial charge in [-0.2, -0.15) is 0 Å². The summed E-state index contributed by atoms with van der Waals surface area (Å²) >= 11 is 14.4. The van der Waals surface area contributed by atoms with Crippen molar-refractivity contribution in [2.45, 2.75) is 10.5 Å². The van der Waals surface area contributed by atoms with E-state index in [9.17, 15) is 4.39 Å². The molecule has 0 aliphatic heterocycles. The van der Waals surface area contributed by atoms with Gasteiger partial charge in [-0.15, -0.1) is 23.2 Å². The lowest BCUT2D eigenvalue weighted by Crippen LogP contribution is -1.98. The van der Waals surface area contributed by atoms with Gasteiger partial charge in [0, 0.05) is 0 Å². The van der Waals surface area contributed by atoms with Crippen LogP contribution in [0, 0.1) is 0 Å². The van der Waals surface area contributed by atoms with Crippen LogP contribution in [-0.2, 0) is 0 Å². The van der Waals surface area contributed by atoms with Gasteiger partial charge < -0.3 is 0 Å². The second-order valence-electron chi connectivity index (χ2n) is 0.669. The van der Waals surface area contributed by atoms with E-state index in [1.54, 1.807) is 0 Å². The Kier molecular flexibility index (Phi) is 3.28. The summed E-state index contributed by atoms with van der Waals surface area (Å²) in [4.78, 5) is -1.10. The standard InChI is InChI=1S/C2H2Cl3F/c3-1(4)2(5)6/h1-2H/t2-/m0/s1. The third kappa shape index (κ3) is 3.01. The second-order valence-corrected chi connectivity index (χ2v) is 2.25. The van der Waals surface area contributed by atoms with Gasteiger partial charge in [-0.3, -0.25) is 0 Å². The minimum absolute atomic E-state index is 1.10. The first kappa shape index (κ1) is 6.80. The van der Waals surface area contributed by atoms with Gasteiger partial charge in [0.2, 0.25) is 5.63 Å². The summed E-state index contributed by atoms with van der Waals surface area (Å²) in [5.74, 6) is 0. The Morgan fingerprint density at radius 1 is 1.17 bits per heavy atom. The zero-order chi connectivity index (χ0) is 5.15. The maximum atomic E-state index is 11.3. The lowest BCUT2D eigenvalue weighted by molar-refractivity contribution is 0.465. The molecule has 0 aromatic rings. The lowest BCUT2D eigenvalue weighted by atomic mass is 10.9. The van der Waals surface area contributed by atoms with Gasteiger partial charge in [-0.05, 0) is 0 Å². The fourth-order valence-electron chi connectivity index (χ4n) is 0. The highest BCUT2D eigenvalue weighted by molar-refractivity contribution is 6.48. The monoisotopic (exact) mass is 150 g/mol. The van der Waals surface area contributed by atoms with Crippen LogP contribution in [0.25, 0.3) is 0 Å². The maximum absolute atomic E-state index is 11.3. The third-order valence-corrected chi connectivity index (χ3v) is 1.14. The molecule has 38 valence electrons. The van der Waals surface area contributed by atoms with Crippen molar-refractivity contribution >= 4 is 34.8 Å². The van der Waals surface area contributed by atoms with E-state index in [1.165, 1.54) is 0 Å². The van der Waals surface area contributed by atoms with Crippen LogP contribution in [0.3, 0.4) is 0 Å². The van der Waals surface area contributed by atoms with Crippen LogP contribution in [0.4, 0.5) is 4.39 Å². The molecule has 0 amide bonds. The van der Waals surface area contributed by atoms with E-state index in [0.717, 1.165) is 0 Å². The maximum Gasteiger partial charge on any atom is 0.203 e. The van der Waals surface area contributed by atoms with E-state index < -0.39 is 10.5 Å². The first-order valence-corrected chi connectivity index (χ1v) is 2.52. The summed E-state index contributed by atoms with van der Waals surface area (Å²) in [7, 11) is 0. The van der Waals surface area contributed by atoms with E-state index in [2.05, 4.69) is 11.6 Å². The molecular formula is C2H2Cl3F. The first-order valence-electron chi connectivity index (χ1n) is 1.21. The van der Waals surface area contributed by atoms with Crippen LogP contribution in [-0.4, -0.2) is 10.5 Å². The predicted molar refractivity (Wildman–Crippen MR) is 26.2 cm³/mol. The van der Waals surface area contributed by atoms with E-state index >= 15 is 0 Å². The van der Waals surface area contributed by atoms with E-state index in [-0.39, 0.29) is 0 Å². The zero-order valence-electron chi connectivity index (χ0n) is 2.67. The molecule has 0 unspecified atom stereocenters. The molecule has 1 atom stereocenters. The summed E-state index contributed by atoms with van der Waals surface area (Å²) in [6.45, 7) is 0. The van der Waals surface area contributed by atoms with Crippen LogP contribution in [0.5, 0.6) is 0 Å². The van der Waals surface area contributed by atoms with E-state index in [1.807, 2.05) is 0 Å². The molecule has 0 radical (unpaired) electrons. The highest BCUT2D eigenvalue weighted by Gasteiger charge is 2.09. The normalized spacial score (nSPS) is 15.5. The Hall–Kier alpha value is 0.800. The average molecular weight is 151 g/mol. The van der Waals surface area contributed by atoms with Crippen molar-refractivity contribution in [3.05, 3.63) is 0 Å². The third-order valence-electron chi connectivity index (χ3n) is 0.190. The average Bonchev–Trinajstić information content (AvgIpc) is 1.36. The Bertz CT molecular complexity index is 29.8. The van der Waals surface area contributed by atoms with Crippen LogP contribution < -0.4 is 0 Å². The van der Waals surface area contributed by atoms with E-state index in [0.29, 0.717) is 0 Å². The van der Waals surface area contributed by atoms with Gasteiger partial charge in [0.25, 0.3) is 0 Å². The van der Waals surface area contributed by atoms with Crippen molar-refractivity contribution in [2.24, 2.45) is 0 Å². The van der Waals surface area contributed by atoms with Crippen molar-refractivity contribution in [3.8, 4) is 0 Å². The van der Waals surface area contributed by atoms with Gasteiger partial charge >= 0.3 is 0 Å². The molecule has 0 aliphatic carbocycles. The largest absolute Gasteiger partial charge is 0.227 e. The quantitative estimate of drug-likeness (QED) is 0.505. The van der Waals surface area contributed by atoms with Crippen molar-refractivity contribution in [2.75, 3.05) is 0 Å². The predicted octanol–water partition coefficient (Wildman–Crippen LogP) is 2.32. The Morgan fingerprint density at radius 2 is 1.33 bits per heavy atom. The van der Waals surface area contributed by atoms with Gasteiger partial charge in [0.15, 0.2) is 4.84 Å². The lowest BCUT2D eigenvalue weighted by Gasteiger charge is -1.93. The molecule has 0 saturated carbocycles. The minimum atomic E-state index is -1.65. The van der Waals surface area contributed by atoms with Crippen LogP contribution in [0.15, 0.2) is 0 Å². The molecule has 0 aromatic heterocycles.